The normalized spacial score (nSPS) is 21.4. The summed E-state index contributed by atoms with van der Waals surface area (Å²) in [4.78, 5) is 26.6. The maximum atomic E-state index is 13.2. The summed E-state index contributed by atoms with van der Waals surface area (Å²) < 4.78 is 0. The predicted octanol–water partition coefficient (Wildman–Crippen LogP) is 3.50. The van der Waals surface area contributed by atoms with Crippen molar-refractivity contribution in [3.05, 3.63) is 36.2 Å². The van der Waals surface area contributed by atoms with E-state index >= 15 is 0 Å². The van der Waals surface area contributed by atoms with Crippen LogP contribution in [0.5, 0.6) is 0 Å². The van der Waals surface area contributed by atoms with Crippen molar-refractivity contribution in [2.45, 2.75) is 51.1 Å². The third-order valence-electron chi connectivity index (χ3n) is 6.05. The van der Waals surface area contributed by atoms with E-state index in [2.05, 4.69) is 27.3 Å². The second-order valence-corrected chi connectivity index (χ2v) is 7.91. The molecule has 2 bridgehead atoms. The van der Waals surface area contributed by atoms with Gasteiger partial charge in [0.05, 0.1) is 17.4 Å². The lowest BCUT2D eigenvalue weighted by atomic mass is 10.1. The van der Waals surface area contributed by atoms with Crippen LogP contribution in [-0.4, -0.2) is 41.2 Å². The third-order valence-corrected chi connectivity index (χ3v) is 6.05. The Morgan fingerprint density at radius 3 is 2.85 bits per heavy atom. The largest absolute Gasteiger partial charge is 0.366 e. The number of fused-ring (bicyclic) bond motifs is 4. The Morgan fingerprint density at radius 2 is 2.04 bits per heavy atom. The summed E-state index contributed by atoms with van der Waals surface area (Å²) >= 11 is 0. The number of anilines is 2. The SMILES string of the molecule is Cc1cc(-c2ccc3c(n2)N(C(=O)NC2CCCC2)C2CCN3C2)ccn1. The van der Waals surface area contributed by atoms with Gasteiger partial charge in [-0.2, -0.15) is 0 Å². The van der Waals surface area contributed by atoms with Crippen LogP contribution < -0.4 is 15.1 Å². The summed E-state index contributed by atoms with van der Waals surface area (Å²) in [5, 5.41) is 3.26. The quantitative estimate of drug-likeness (QED) is 0.887. The maximum Gasteiger partial charge on any atom is 0.323 e. The average Bonchev–Trinajstić information content (AvgIpc) is 3.32. The van der Waals surface area contributed by atoms with Crippen molar-refractivity contribution in [2.75, 3.05) is 22.9 Å². The molecule has 6 nitrogen and oxygen atoms in total. The van der Waals surface area contributed by atoms with Crippen molar-refractivity contribution in [3.8, 4) is 11.3 Å². The van der Waals surface area contributed by atoms with Gasteiger partial charge in [0.1, 0.15) is 0 Å². The lowest BCUT2D eigenvalue weighted by Gasteiger charge is -2.36. The molecule has 1 aliphatic carbocycles. The highest BCUT2D eigenvalue weighted by Gasteiger charge is 2.40. The van der Waals surface area contributed by atoms with Crippen molar-refractivity contribution in [1.29, 1.82) is 0 Å². The van der Waals surface area contributed by atoms with Gasteiger partial charge in [-0.15, -0.1) is 0 Å². The lowest BCUT2D eigenvalue weighted by Crippen LogP contribution is -2.52. The summed E-state index contributed by atoms with van der Waals surface area (Å²) in [6, 6.07) is 8.72. The molecule has 4 heterocycles. The van der Waals surface area contributed by atoms with Gasteiger partial charge in [0.15, 0.2) is 5.82 Å². The van der Waals surface area contributed by atoms with Crippen LogP contribution in [0.1, 0.15) is 37.8 Å². The van der Waals surface area contributed by atoms with Gasteiger partial charge in [0.25, 0.3) is 0 Å². The molecule has 3 aliphatic rings. The second-order valence-electron chi connectivity index (χ2n) is 7.91. The van der Waals surface area contributed by atoms with E-state index in [0.29, 0.717) is 6.04 Å². The number of pyridine rings is 2. The van der Waals surface area contributed by atoms with Crippen LogP contribution in [0, 0.1) is 6.92 Å². The van der Waals surface area contributed by atoms with Crippen molar-refractivity contribution in [1.82, 2.24) is 15.3 Å². The molecule has 6 heteroatoms. The minimum atomic E-state index is 0.0188. The zero-order chi connectivity index (χ0) is 18.4. The first-order valence-corrected chi connectivity index (χ1v) is 9.98. The molecule has 0 radical (unpaired) electrons. The van der Waals surface area contributed by atoms with E-state index < -0.39 is 0 Å². The van der Waals surface area contributed by atoms with Gasteiger partial charge in [0, 0.05) is 36.6 Å². The Balaban J connectivity index is 1.52. The van der Waals surface area contributed by atoms with Crippen LogP contribution in [0.15, 0.2) is 30.5 Å². The molecule has 2 aromatic heterocycles. The van der Waals surface area contributed by atoms with Crippen LogP contribution in [0.4, 0.5) is 16.3 Å². The first-order valence-electron chi connectivity index (χ1n) is 9.98. The topological polar surface area (TPSA) is 61.4 Å². The van der Waals surface area contributed by atoms with Gasteiger partial charge in [-0.05, 0) is 50.5 Å². The number of carbonyl (C=O) groups excluding carboxylic acids is 1. The molecule has 2 fully saturated rings. The number of aryl methyl sites for hydroxylation is 1. The molecule has 0 aromatic carbocycles. The molecule has 140 valence electrons. The van der Waals surface area contributed by atoms with Crippen LogP contribution in [0.25, 0.3) is 11.3 Å². The molecule has 27 heavy (non-hydrogen) atoms. The molecule has 2 aliphatic heterocycles. The molecule has 1 N–H and O–H groups in total. The average molecular weight is 363 g/mol. The van der Waals surface area contributed by atoms with Crippen molar-refractivity contribution in [2.24, 2.45) is 0 Å². The van der Waals surface area contributed by atoms with Crippen LogP contribution in [0.2, 0.25) is 0 Å². The molecule has 2 amide bonds. The third kappa shape index (κ3) is 2.93. The summed E-state index contributed by atoms with van der Waals surface area (Å²) in [7, 11) is 0. The number of carbonyl (C=O) groups is 1. The molecule has 1 unspecified atom stereocenters. The van der Waals surface area contributed by atoms with E-state index in [9.17, 15) is 4.79 Å². The van der Waals surface area contributed by atoms with Gasteiger partial charge in [-0.25, -0.2) is 9.78 Å². The molecule has 5 rings (SSSR count). The molecule has 1 saturated carbocycles. The number of rotatable bonds is 2. The van der Waals surface area contributed by atoms with E-state index in [0.717, 1.165) is 60.8 Å². The summed E-state index contributed by atoms with van der Waals surface area (Å²) in [5.74, 6) is 0.797. The second kappa shape index (κ2) is 6.51. The monoisotopic (exact) mass is 363 g/mol. The minimum Gasteiger partial charge on any atom is -0.366 e. The van der Waals surface area contributed by atoms with Crippen LogP contribution in [0.3, 0.4) is 0 Å². The Morgan fingerprint density at radius 1 is 1.19 bits per heavy atom. The number of hydrogen-bond donors (Lipinski definition) is 1. The molecule has 1 atom stereocenters. The van der Waals surface area contributed by atoms with Gasteiger partial charge in [0.2, 0.25) is 0 Å². The fourth-order valence-electron chi connectivity index (χ4n) is 4.65. The van der Waals surface area contributed by atoms with Gasteiger partial charge in [-0.3, -0.25) is 9.88 Å². The predicted molar refractivity (Wildman–Crippen MR) is 106 cm³/mol. The molecule has 1 saturated heterocycles. The van der Waals surface area contributed by atoms with E-state index in [4.69, 9.17) is 4.98 Å². The van der Waals surface area contributed by atoms with Gasteiger partial charge in [-0.1, -0.05) is 12.8 Å². The molecule has 0 spiro atoms. The first kappa shape index (κ1) is 16.5. The Bertz CT molecular complexity index is 877. The van der Waals surface area contributed by atoms with Crippen LogP contribution in [-0.2, 0) is 0 Å². The molecular formula is C21H25N5O. The number of nitrogens with zero attached hydrogens (tertiary/aromatic N) is 4. The van der Waals surface area contributed by atoms with E-state index in [1.54, 1.807) is 0 Å². The maximum absolute atomic E-state index is 13.2. The Labute approximate surface area is 159 Å². The zero-order valence-electron chi connectivity index (χ0n) is 15.7. The fourth-order valence-corrected chi connectivity index (χ4v) is 4.65. The van der Waals surface area contributed by atoms with Crippen LogP contribution >= 0.6 is 0 Å². The van der Waals surface area contributed by atoms with Gasteiger partial charge >= 0.3 is 6.03 Å². The smallest absolute Gasteiger partial charge is 0.323 e. The number of amides is 2. The zero-order valence-corrected chi connectivity index (χ0v) is 15.7. The highest BCUT2D eigenvalue weighted by atomic mass is 16.2. The van der Waals surface area contributed by atoms with Crippen molar-refractivity contribution < 1.29 is 4.79 Å². The highest BCUT2D eigenvalue weighted by molar-refractivity contribution is 5.97. The number of aromatic nitrogens is 2. The number of hydrogen-bond acceptors (Lipinski definition) is 4. The van der Waals surface area contributed by atoms with Crippen molar-refractivity contribution >= 4 is 17.5 Å². The summed E-state index contributed by atoms with van der Waals surface area (Å²) in [6.07, 6.45) is 7.41. The Hall–Kier alpha value is -2.63. The van der Waals surface area contributed by atoms with E-state index in [1.807, 2.05) is 30.2 Å². The standard InChI is InChI=1S/C21H25N5O/c1-14-12-15(8-10-22-14)18-6-7-19-20(24-18)26(17-9-11-25(19)13-17)21(27)23-16-4-2-3-5-16/h6-8,10,12,16-17H,2-5,9,11,13H2,1H3,(H,23,27). The summed E-state index contributed by atoms with van der Waals surface area (Å²) in [5.41, 5.74) is 3.96. The van der Waals surface area contributed by atoms with Crippen molar-refractivity contribution in [3.63, 3.8) is 0 Å². The highest BCUT2D eigenvalue weighted by Crippen LogP contribution is 2.40. The minimum absolute atomic E-state index is 0.0188. The fraction of sp³-hybridized carbons (Fsp3) is 0.476. The number of urea groups is 1. The van der Waals surface area contributed by atoms with E-state index in [1.165, 1.54) is 12.8 Å². The lowest BCUT2D eigenvalue weighted by molar-refractivity contribution is 0.240. The van der Waals surface area contributed by atoms with Gasteiger partial charge < -0.3 is 10.2 Å². The first-order chi connectivity index (χ1) is 13.2. The summed E-state index contributed by atoms with van der Waals surface area (Å²) in [6.45, 7) is 3.87. The molecular weight excluding hydrogens is 338 g/mol. The number of nitrogens with one attached hydrogen (secondary N) is 1. The van der Waals surface area contributed by atoms with E-state index in [-0.39, 0.29) is 12.1 Å². The Kier molecular flexibility index (Phi) is 3.99. The molecule has 2 aromatic rings.